The van der Waals surface area contributed by atoms with Gasteiger partial charge in [0.15, 0.2) is 0 Å². The molecule has 0 aliphatic carbocycles. The summed E-state index contributed by atoms with van der Waals surface area (Å²) < 4.78 is 0. The van der Waals surface area contributed by atoms with Gasteiger partial charge in [-0.1, -0.05) is 25.1 Å². The number of aliphatic hydroxyl groups is 1. The first kappa shape index (κ1) is 17.1. The Hall–Kier alpha value is -1.92. The summed E-state index contributed by atoms with van der Waals surface area (Å²) in [4.78, 5) is 24.5. The van der Waals surface area contributed by atoms with Crippen LogP contribution < -0.4 is 5.32 Å². The topological polar surface area (TPSA) is 89.9 Å². The second-order valence-electron chi connectivity index (χ2n) is 5.06. The summed E-state index contributed by atoms with van der Waals surface area (Å²) in [6, 6.07) is 7.43. The van der Waals surface area contributed by atoms with E-state index < -0.39 is 11.9 Å². The lowest BCUT2D eigenvalue weighted by Gasteiger charge is -2.22. The molecule has 1 unspecified atom stereocenters. The van der Waals surface area contributed by atoms with Crippen molar-refractivity contribution in [3.8, 4) is 0 Å². The Morgan fingerprint density at radius 1 is 1.33 bits per heavy atom. The van der Waals surface area contributed by atoms with Crippen LogP contribution in [-0.4, -0.2) is 53.2 Å². The Balaban J connectivity index is 2.60. The number of aryl methyl sites for hydroxylation is 1. The number of nitrogens with zero attached hydrogens (tertiary/aromatic N) is 1. The average molecular weight is 294 g/mol. The zero-order chi connectivity index (χ0) is 15.8. The van der Waals surface area contributed by atoms with Gasteiger partial charge in [-0.2, -0.15) is 0 Å². The molecule has 0 spiro atoms. The van der Waals surface area contributed by atoms with Crippen LogP contribution in [0, 0.1) is 12.8 Å². The van der Waals surface area contributed by atoms with E-state index in [1.54, 1.807) is 11.8 Å². The highest BCUT2D eigenvalue weighted by Crippen LogP contribution is 2.13. The average Bonchev–Trinajstić information content (AvgIpc) is 2.41. The van der Waals surface area contributed by atoms with Crippen molar-refractivity contribution >= 4 is 17.6 Å². The van der Waals surface area contributed by atoms with Gasteiger partial charge in [0.2, 0.25) is 5.91 Å². The molecule has 0 fully saturated rings. The standard InChI is InChI=1S/C15H22N2O4/c1-11-5-3-4-6-13(11)16-14(19)10-17(7-8-18)9-12(2)15(20)21/h3-6,12,18H,7-10H2,1-2H3,(H,16,19)(H,20,21). The van der Waals surface area contributed by atoms with Crippen molar-refractivity contribution < 1.29 is 19.8 Å². The molecule has 116 valence electrons. The van der Waals surface area contributed by atoms with Crippen molar-refractivity contribution in [2.24, 2.45) is 5.92 Å². The number of hydrogen-bond acceptors (Lipinski definition) is 4. The van der Waals surface area contributed by atoms with E-state index in [0.29, 0.717) is 0 Å². The Bertz CT molecular complexity index is 490. The van der Waals surface area contributed by atoms with Crippen LogP contribution in [0.15, 0.2) is 24.3 Å². The highest BCUT2D eigenvalue weighted by molar-refractivity contribution is 5.92. The van der Waals surface area contributed by atoms with Crippen molar-refractivity contribution in [1.82, 2.24) is 4.90 Å². The van der Waals surface area contributed by atoms with Gasteiger partial charge in [0.05, 0.1) is 19.1 Å². The largest absolute Gasteiger partial charge is 0.481 e. The van der Waals surface area contributed by atoms with Crippen LogP contribution in [0.3, 0.4) is 0 Å². The minimum Gasteiger partial charge on any atom is -0.481 e. The van der Waals surface area contributed by atoms with Gasteiger partial charge in [-0.15, -0.1) is 0 Å². The number of hydrogen-bond donors (Lipinski definition) is 3. The van der Waals surface area contributed by atoms with E-state index in [1.165, 1.54) is 0 Å². The Morgan fingerprint density at radius 3 is 2.57 bits per heavy atom. The third-order valence-electron chi connectivity index (χ3n) is 3.16. The van der Waals surface area contributed by atoms with Gasteiger partial charge < -0.3 is 15.5 Å². The SMILES string of the molecule is Cc1ccccc1NC(=O)CN(CCO)CC(C)C(=O)O. The lowest BCUT2D eigenvalue weighted by molar-refractivity contribution is -0.142. The minimum absolute atomic E-state index is 0.0481. The van der Waals surface area contributed by atoms with Crippen LogP contribution in [-0.2, 0) is 9.59 Å². The lowest BCUT2D eigenvalue weighted by atomic mass is 10.1. The van der Waals surface area contributed by atoms with Crippen LogP contribution in [0.1, 0.15) is 12.5 Å². The second kappa shape index (κ2) is 8.39. The zero-order valence-electron chi connectivity index (χ0n) is 12.4. The molecule has 1 atom stereocenters. The summed E-state index contributed by atoms with van der Waals surface area (Å²) in [5.74, 6) is -1.74. The Morgan fingerprint density at radius 2 is 2.00 bits per heavy atom. The highest BCUT2D eigenvalue weighted by Gasteiger charge is 2.18. The molecule has 3 N–H and O–H groups in total. The summed E-state index contributed by atoms with van der Waals surface area (Å²) in [6.45, 7) is 3.88. The van der Waals surface area contributed by atoms with Crippen LogP contribution >= 0.6 is 0 Å². The van der Waals surface area contributed by atoms with Crippen molar-refractivity contribution in [2.45, 2.75) is 13.8 Å². The number of aliphatic hydroxyl groups excluding tert-OH is 1. The van der Waals surface area contributed by atoms with Gasteiger partial charge >= 0.3 is 5.97 Å². The van der Waals surface area contributed by atoms with Gasteiger partial charge in [-0.3, -0.25) is 14.5 Å². The molecule has 1 aromatic carbocycles. The van der Waals surface area contributed by atoms with Crippen molar-refractivity contribution in [3.63, 3.8) is 0 Å². The normalized spacial score (nSPS) is 12.2. The molecule has 0 aliphatic heterocycles. The molecule has 21 heavy (non-hydrogen) atoms. The number of nitrogens with one attached hydrogen (secondary N) is 1. The number of carboxylic acids is 1. The number of carbonyl (C=O) groups excluding carboxylic acids is 1. The van der Waals surface area contributed by atoms with Gasteiger partial charge in [-0.25, -0.2) is 0 Å². The molecule has 0 aliphatic rings. The number of benzene rings is 1. The molecule has 0 radical (unpaired) electrons. The molecule has 1 amide bonds. The Labute approximate surface area is 124 Å². The maximum absolute atomic E-state index is 12.0. The third-order valence-corrected chi connectivity index (χ3v) is 3.16. The highest BCUT2D eigenvalue weighted by atomic mass is 16.4. The number of aliphatic carboxylic acids is 1. The first-order valence-electron chi connectivity index (χ1n) is 6.85. The summed E-state index contributed by atoms with van der Waals surface area (Å²) in [6.07, 6.45) is 0. The van der Waals surface area contributed by atoms with Crippen LogP contribution in [0.2, 0.25) is 0 Å². The summed E-state index contributed by atoms with van der Waals surface area (Å²) >= 11 is 0. The van der Waals surface area contributed by atoms with Gasteiger partial charge in [0, 0.05) is 18.8 Å². The van der Waals surface area contributed by atoms with E-state index in [2.05, 4.69) is 5.32 Å². The smallest absolute Gasteiger partial charge is 0.307 e. The van der Waals surface area contributed by atoms with E-state index >= 15 is 0 Å². The molecule has 0 saturated carbocycles. The molecule has 0 bridgehead atoms. The van der Waals surface area contributed by atoms with E-state index in [0.717, 1.165) is 11.3 Å². The van der Waals surface area contributed by atoms with Gasteiger partial charge in [0.1, 0.15) is 0 Å². The number of rotatable bonds is 8. The van der Waals surface area contributed by atoms with Crippen molar-refractivity contribution in [2.75, 3.05) is 31.6 Å². The van der Waals surface area contributed by atoms with Crippen molar-refractivity contribution in [3.05, 3.63) is 29.8 Å². The quantitative estimate of drug-likeness (QED) is 0.664. The number of amides is 1. The number of para-hydroxylation sites is 1. The third kappa shape index (κ3) is 5.93. The van der Waals surface area contributed by atoms with E-state index in [9.17, 15) is 9.59 Å². The fraction of sp³-hybridized carbons (Fsp3) is 0.467. The fourth-order valence-electron chi connectivity index (χ4n) is 1.95. The molecule has 6 heteroatoms. The number of carboxylic acid groups (broad SMARTS) is 1. The fourth-order valence-corrected chi connectivity index (χ4v) is 1.95. The van der Waals surface area contributed by atoms with Gasteiger partial charge in [-0.05, 0) is 18.6 Å². The maximum atomic E-state index is 12.0. The predicted octanol–water partition coefficient (Wildman–Crippen LogP) is 0.949. The summed E-state index contributed by atoms with van der Waals surface area (Å²) in [7, 11) is 0. The molecule has 0 heterocycles. The van der Waals surface area contributed by atoms with Crippen LogP contribution in [0.4, 0.5) is 5.69 Å². The van der Waals surface area contributed by atoms with Crippen LogP contribution in [0.5, 0.6) is 0 Å². The molecule has 1 rings (SSSR count). The van der Waals surface area contributed by atoms with E-state index in [1.807, 2.05) is 31.2 Å². The first-order valence-corrected chi connectivity index (χ1v) is 6.85. The molecule has 0 aromatic heterocycles. The van der Waals surface area contributed by atoms with Crippen LogP contribution in [0.25, 0.3) is 0 Å². The molecular weight excluding hydrogens is 272 g/mol. The number of carbonyl (C=O) groups is 2. The zero-order valence-corrected chi connectivity index (χ0v) is 12.4. The second-order valence-corrected chi connectivity index (χ2v) is 5.06. The van der Waals surface area contributed by atoms with E-state index in [-0.39, 0.29) is 32.1 Å². The molecular formula is C15H22N2O4. The molecule has 6 nitrogen and oxygen atoms in total. The summed E-state index contributed by atoms with van der Waals surface area (Å²) in [5, 5.41) is 20.7. The first-order chi connectivity index (χ1) is 9.93. The maximum Gasteiger partial charge on any atom is 0.307 e. The predicted molar refractivity (Wildman–Crippen MR) is 80.1 cm³/mol. The monoisotopic (exact) mass is 294 g/mol. The Kier molecular flexibility index (Phi) is 6.84. The van der Waals surface area contributed by atoms with E-state index in [4.69, 9.17) is 10.2 Å². The molecule has 1 aromatic rings. The summed E-state index contributed by atoms with van der Waals surface area (Å²) in [5.41, 5.74) is 1.69. The van der Waals surface area contributed by atoms with Crippen molar-refractivity contribution in [1.29, 1.82) is 0 Å². The van der Waals surface area contributed by atoms with Gasteiger partial charge in [0.25, 0.3) is 0 Å². The lowest BCUT2D eigenvalue weighted by Crippen LogP contribution is -2.39. The molecule has 0 saturated heterocycles. The number of anilines is 1. The minimum atomic E-state index is -0.919.